The maximum absolute atomic E-state index is 4.43. The zero-order chi connectivity index (χ0) is 15.1. The summed E-state index contributed by atoms with van der Waals surface area (Å²) < 4.78 is 1.16. The first kappa shape index (κ1) is 14.2. The van der Waals surface area contributed by atoms with Crippen LogP contribution in [0, 0.1) is 6.92 Å². The molecule has 0 radical (unpaired) electrons. The van der Waals surface area contributed by atoms with Gasteiger partial charge in [-0.2, -0.15) is 0 Å². The summed E-state index contributed by atoms with van der Waals surface area (Å²) >= 11 is 3.56. The Morgan fingerprint density at radius 2 is 2.00 bits per heavy atom. The van der Waals surface area contributed by atoms with Crippen LogP contribution in [0.5, 0.6) is 0 Å². The van der Waals surface area contributed by atoms with Gasteiger partial charge >= 0.3 is 0 Å². The zero-order valence-corrected chi connectivity index (χ0v) is 14.2. The number of benzene rings is 1. The molecule has 0 aliphatic carbocycles. The van der Waals surface area contributed by atoms with Gasteiger partial charge in [0, 0.05) is 48.0 Å². The first-order valence-electron chi connectivity index (χ1n) is 7.73. The molecule has 4 heterocycles. The van der Waals surface area contributed by atoms with Crippen molar-refractivity contribution in [2.75, 3.05) is 18.0 Å². The van der Waals surface area contributed by atoms with Crippen molar-refractivity contribution in [2.24, 2.45) is 0 Å². The molecule has 3 fully saturated rings. The van der Waals surface area contributed by atoms with E-state index < -0.39 is 0 Å². The van der Waals surface area contributed by atoms with Crippen LogP contribution in [0.1, 0.15) is 17.7 Å². The Labute approximate surface area is 139 Å². The van der Waals surface area contributed by atoms with Crippen LogP contribution in [0.2, 0.25) is 0 Å². The third kappa shape index (κ3) is 2.63. The first-order chi connectivity index (χ1) is 10.7. The zero-order valence-electron chi connectivity index (χ0n) is 12.6. The number of rotatable bonds is 3. The molecular weight excluding hydrogens is 340 g/mol. The summed E-state index contributed by atoms with van der Waals surface area (Å²) in [5, 5.41) is 0. The van der Waals surface area contributed by atoms with Crippen molar-refractivity contribution in [3.8, 4) is 0 Å². The number of nitrogens with zero attached hydrogens (tertiary/aromatic N) is 4. The summed E-state index contributed by atoms with van der Waals surface area (Å²) in [6.45, 7) is 5.21. The molecule has 22 heavy (non-hydrogen) atoms. The molecule has 3 saturated heterocycles. The lowest BCUT2D eigenvalue weighted by Gasteiger charge is -2.56. The maximum Gasteiger partial charge on any atom is 0.132 e. The first-order valence-corrected chi connectivity index (χ1v) is 8.52. The largest absolute Gasteiger partial charge is 0.353 e. The number of hydrogen-bond acceptors (Lipinski definition) is 4. The highest BCUT2D eigenvalue weighted by atomic mass is 79.9. The minimum Gasteiger partial charge on any atom is -0.353 e. The van der Waals surface area contributed by atoms with Crippen molar-refractivity contribution < 1.29 is 0 Å². The van der Waals surface area contributed by atoms with Crippen molar-refractivity contribution in [1.29, 1.82) is 0 Å². The summed E-state index contributed by atoms with van der Waals surface area (Å²) in [5.41, 5.74) is 2.42. The van der Waals surface area contributed by atoms with E-state index in [1.165, 1.54) is 12.0 Å². The number of piperazine rings is 1. The molecule has 2 bridgehead atoms. The third-order valence-corrected chi connectivity index (χ3v) is 5.21. The van der Waals surface area contributed by atoms with E-state index in [-0.39, 0.29) is 0 Å². The highest BCUT2D eigenvalue weighted by molar-refractivity contribution is 9.10. The number of halogens is 1. The lowest BCUT2D eigenvalue weighted by Crippen LogP contribution is -2.68. The second-order valence-corrected chi connectivity index (χ2v) is 7.18. The van der Waals surface area contributed by atoms with Gasteiger partial charge in [-0.05, 0) is 31.0 Å². The van der Waals surface area contributed by atoms with Gasteiger partial charge in [-0.15, -0.1) is 0 Å². The average molecular weight is 359 g/mol. The molecule has 0 amide bonds. The molecule has 1 aromatic heterocycles. The predicted octanol–water partition coefficient (Wildman–Crippen LogP) is 3.01. The van der Waals surface area contributed by atoms with E-state index in [9.17, 15) is 0 Å². The van der Waals surface area contributed by atoms with Crippen LogP contribution in [0.25, 0.3) is 0 Å². The van der Waals surface area contributed by atoms with Gasteiger partial charge in [-0.1, -0.05) is 28.1 Å². The molecular formula is C17H19BrN4. The fraction of sp³-hybridized carbons (Fsp3) is 0.412. The van der Waals surface area contributed by atoms with E-state index in [0.29, 0.717) is 12.1 Å². The van der Waals surface area contributed by atoms with Crippen LogP contribution in [0.3, 0.4) is 0 Å². The number of fused-ring (bicyclic) bond motifs is 2. The maximum atomic E-state index is 4.43. The standard InChI is InChI=1S/C17H19BrN4/c1-12-5-17(20-11-19-12)21-9-15-7-16(10-21)22(15)8-13-3-2-4-14(18)6-13/h2-6,11,15-16H,7-10H2,1H3. The second-order valence-electron chi connectivity index (χ2n) is 6.27. The van der Waals surface area contributed by atoms with Gasteiger partial charge in [0.05, 0.1) is 0 Å². The van der Waals surface area contributed by atoms with Crippen LogP contribution in [0.15, 0.2) is 41.1 Å². The minimum atomic E-state index is 0.646. The molecule has 3 aliphatic heterocycles. The Balaban J connectivity index is 1.44. The van der Waals surface area contributed by atoms with Gasteiger partial charge in [0.15, 0.2) is 0 Å². The van der Waals surface area contributed by atoms with Crippen LogP contribution < -0.4 is 4.90 Å². The molecule has 0 saturated carbocycles. The van der Waals surface area contributed by atoms with E-state index in [1.54, 1.807) is 6.33 Å². The Morgan fingerprint density at radius 1 is 1.18 bits per heavy atom. The molecule has 114 valence electrons. The molecule has 2 unspecified atom stereocenters. The lowest BCUT2D eigenvalue weighted by atomic mass is 9.87. The quantitative estimate of drug-likeness (QED) is 0.844. The van der Waals surface area contributed by atoms with Gasteiger partial charge < -0.3 is 4.90 Å². The highest BCUT2D eigenvalue weighted by Gasteiger charge is 2.44. The van der Waals surface area contributed by atoms with E-state index in [0.717, 1.165) is 35.6 Å². The molecule has 2 atom stereocenters. The molecule has 2 aromatic rings. The summed E-state index contributed by atoms with van der Waals surface area (Å²) in [4.78, 5) is 13.7. The van der Waals surface area contributed by atoms with Gasteiger partial charge in [-0.3, -0.25) is 4.90 Å². The van der Waals surface area contributed by atoms with Crippen molar-refractivity contribution in [3.05, 3.63) is 52.4 Å². The third-order valence-electron chi connectivity index (χ3n) is 4.71. The molecule has 5 rings (SSSR count). The van der Waals surface area contributed by atoms with Crippen LogP contribution in [-0.2, 0) is 6.54 Å². The van der Waals surface area contributed by atoms with E-state index in [2.05, 4.69) is 66.0 Å². The number of hydrogen-bond donors (Lipinski definition) is 0. The summed E-state index contributed by atoms with van der Waals surface area (Å²) in [6.07, 6.45) is 2.98. The molecule has 3 aliphatic rings. The second kappa shape index (κ2) is 5.63. The van der Waals surface area contributed by atoms with Crippen LogP contribution in [0.4, 0.5) is 5.82 Å². The fourth-order valence-corrected chi connectivity index (χ4v) is 4.04. The van der Waals surface area contributed by atoms with Gasteiger partial charge in [-0.25, -0.2) is 9.97 Å². The van der Waals surface area contributed by atoms with Crippen LogP contribution in [-0.4, -0.2) is 40.0 Å². The normalized spacial score (nSPS) is 24.2. The van der Waals surface area contributed by atoms with E-state index in [4.69, 9.17) is 0 Å². The average Bonchev–Trinajstić information content (AvgIpc) is 2.53. The number of aromatic nitrogens is 2. The Morgan fingerprint density at radius 3 is 2.73 bits per heavy atom. The van der Waals surface area contributed by atoms with Gasteiger partial charge in [0.2, 0.25) is 0 Å². The highest BCUT2D eigenvalue weighted by Crippen LogP contribution is 2.35. The van der Waals surface area contributed by atoms with Crippen molar-refractivity contribution in [1.82, 2.24) is 14.9 Å². The summed E-state index contributed by atoms with van der Waals surface area (Å²) in [7, 11) is 0. The van der Waals surface area contributed by atoms with Gasteiger partial charge in [0.1, 0.15) is 12.1 Å². The Hall–Kier alpha value is -1.46. The molecule has 1 aromatic carbocycles. The topological polar surface area (TPSA) is 32.3 Å². The molecule has 4 nitrogen and oxygen atoms in total. The molecule has 0 spiro atoms. The number of piperidine rings is 1. The Kier molecular flexibility index (Phi) is 3.62. The molecule has 5 heteroatoms. The Bertz CT molecular complexity index is 678. The SMILES string of the molecule is Cc1cc(N2CC3CC(C2)N3Cc2cccc(Br)c2)ncn1. The lowest BCUT2D eigenvalue weighted by molar-refractivity contribution is -0.00870. The monoisotopic (exact) mass is 358 g/mol. The predicted molar refractivity (Wildman–Crippen MR) is 90.9 cm³/mol. The minimum absolute atomic E-state index is 0.646. The fourth-order valence-electron chi connectivity index (χ4n) is 3.59. The van der Waals surface area contributed by atoms with Crippen LogP contribution >= 0.6 is 15.9 Å². The van der Waals surface area contributed by atoms with Crippen molar-refractivity contribution >= 4 is 21.7 Å². The van der Waals surface area contributed by atoms with Gasteiger partial charge in [0.25, 0.3) is 0 Å². The van der Waals surface area contributed by atoms with Crippen molar-refractivity contribution in [3.63, 3.8) is 0 Å². The summed E-state index contributed by atoms with van der Waals surface area (Å²) in [5.74, 6) is 1.07. The van der Waals surface area contributed by atoms with E-state index >= 15 is 0 Å². The van der Waals surface area contributed by atoms with Crippen molar-refractivity contribution in [2.45, 2.75) is 32.0 Å². The molecule has 0 N–H and O–H groups in total. The smallest absolute Gasteiger partial charge is 0.132 e. The number of anilines is 1. The number of aryl methyl sites for hydroxylation is 1. The van der Waals surface area contributed by atoms with E-state index in [1.807, 2.05) is 6.92 Å². The summed E-state index contributed by atoms with van der Waals surface area (Å²) in [6, 6.07) is 12.0.